The van der Waals surface area contributed by atoms with Gasteiger partial charge in [-0.15, -0.1) is 0 Å². The van der Waals surface area contributed by atoms with Crippen LogP contribution in [-0.4, -0.2) is 26.7 Å². The maximum atomic E-state index is 11.5. The van der Waals surface area contributed by atoms with Crippen molar-refractivity contribution in [3.8, 4) is 6.07 Å². The molecule has 1 atom stereocenters. The Labute approximate surface area is 130 Å². The van der Waals surface area contributed by atoms with E-state index in [0.717, 1.165) is 11.4 Å². The van der Waals surface area contributed by atoms with Gasteiger partial charge in [-0.3, -0.25) is 0 Å². The van der Waals surface area contributed by atoms with E-state index < -0.39 is 9.84 Å². The number of anilines is 1. The standard InChI is InChI=1S/C16H17N3O2S/c1-12(14-5-7-15(8-6-14)22(3,20)21)19(2)16-9-4-13(10-17)11-18-16/h4-9,11-12H,1-3H3/t12-/m1/s1. The first-order valence-corrected chi connectivity index (χ1v) is 8.61. The lowest BCUT2D eigenvalue weighted by Crippen LogP contribution is -2.22. The second-order valence-electron chi connectivity index (χ2n) is 5.14. The molecule has 0 aliphatic heterocycles. The van der Waals surface area contributed by atoms with Gasteiger partial charge in [0.15, 0.2) is 9.84 Å². The average molecular weight is 315 g/mol. The van der Waals surface area contributed by atoms with Crippen LogP contribution in [0.2, 0.25) is 0 Å². The molecule has 2 aromatic rings. The zero-order valence-electron chi connectivity index (χ0n) is 12.7. The van der Waals surface area contributed by atoms with Crippen LogP contribution >= 0.6 is 0 Å². The van der Waals surface area contributed by atoms with Crippen molar-refractivity contribution >= 4 is 15.7 Å². The van der Waals surface area contributed by atoms with Crippen LogP contribution in [0.3, 0.4) is 0 Å². The summed E-state index contributed by atoms with van der Waals surface area (Å²) in [6.07, 6.45) is 2.73. The molecule has 0 saturated heterocycles. The van der Waals surface area contributed by atoms with Crippen molar-refractivity contribution in [1.82, 2.24) is 4.98 Å². The summed E-state index contributed by atoms with van der Waals surface area (Å²) in [5, 5.41) is 8.79. The van der Waals surface area contributed by atoms with Gasteiger partial charge in [0.1, 0.15) is 11.9 Å². The number of hydrogen-bond acceptors (Lipinski definition) is 5. The fourth-order valence-electron chi connectivity index (χ4n) is 2.08. The first kappa shape index (κ1) is 16.0. The number of rotatable bonds is 4. The van der Waals surface area contributed by atoms with Crippen molar-refractivity contribution < 1.29 is 8.42 Å². The highest BCUT2D eigenvalue weighted by atomic mass is 32.2. The van der Waals surface area contributed by atoms with E-state index in [0.29, 0.717) is 10.5 Å². The minimum atomic E-state index is -3.18. The smallest absolute Gasteiger partial charge is 0.175 e. The SMILES string of the molecule is C[C@H](c1ccc(S(C)(=O)=O)cc1)N(C)c1ccc(C#N)cn1. The van der Waals surface area contributed by atoms with Crippen LogP contribution in [0.5, 0.6) is 0 Å². The van der Waals surface area contributed by atoms with Crippen LogP contribution in [0.25, 0.3) is 0 Å². The van der Waals surface area contributed by atoms with Crippen LogP contribution in [-0.2, 0) is 9.84 Å². The molecule has 5 nitrogen and oxygen atoms in total. The minimum Gasteiger partial charge on any atom is -0.353 e. The highest BCUT2D eigenvalue weighted by Gasteiger charge is 2.14. The molecule has 0 fully saturated rings. The summed E-state index contributed by atoms with van der Waals surface area (Å²) in [4.78, 5) is 6.54. The molecule has 0 N–H and O–H groups in total. The van der Waals surface area contributed by atoms with Gasteiger partial charge in [0.05, 0.1) is 16.5 Å². The van der Waals surface area contributed by atoms with Crippen LogP contribution in [0.15, 0.2) is 47.5 Å². The van der Waals surface area contributed by atoms with Gasteiger partial charge in [-0.1, -0.05) is 12.1 Å². The van der Waals surface area contributed by atoms with Crippen LogP contribution in [0.4, 0.5) is 5.82 Å². The average Bonchev–Trinajstić information content (AvgIpc) is 2.53. The summed E-state index contributed by atoms with van der Waals surface area (Å²) in [6.45, 7) is 2.01. The minimum absolute atomic E-state index is 0.0223. The van der Waals surface area contributed by atoms with Crippen molar-refractivity contribution in [2.75, 3.05) is 18.2 Å². The molecule has 0 radical (unpaired) electrons. The zero-order chi connectivity index (χ0) is 16.3. The third kappa shape index (κ3) is 3.43. The Morgan fingerprint density at radius 1 is 1.18 bits per heavy atom. The van der Waals surface area contributed by atoms with Crippen molar-refractivity contribution in [2.45, 2.75) is 17.9 Å². The van der Waals surface area contributed by atoms with Crippen molar-refractivity contribution in [2.24, 2.45) is 0 Å². The number of pyridine rings is 1. The molecule has 0 spiro atoms. The van der Waals surface area contributed by atoms with Gasteiger partial charge in [-0.2, -0.15) is 5.26 Å². The molecule has 114 valence electrons. The van der Waals surface area contributed by atoms with Gasteiger partial charge in [0.25, 0.3) is 0 Å². The predicted molar refractivity (Wildman–Crippen MR) is 85.3 cm³/mol. The van der Waals surface area contributed by atoms with Gasteiger partial charge in [0, 0.05) is 19.5 Å². The van der Waals surface area contributed by atoms with E-state index in [9.17, 15) is 8.42 Å². The molecule has 1 aromatic heterocycles. The number of nitrogens with zero attached hydrogens (tertiary/aromatic N) is 3. The molecule has 0 amide bonds. The number of benzene rings is 1. The summed E-state index contributed by atoms with van der Waals surface area (Å²) in [5.74, 6) is 0.749. The van der Waals surface area contributed by atoms with E-state index in [1.165, 1.54) is 12.5 Å². The molecule has 0 aliphatic carbocycles. The van der Waals surface area contributed by atoms with Crippen LogP contribution in [0, 0.1) is 11.3 Å². The topological polar surface area (TPSA) is 74.1 Å². The Morgan fingerprint density at radius 3 is 2.27 bits per heavy atom. The summed E-state index contributed by atoms with van der Waals surface area (Å²) < 4.78 is 23.0. The molecule has 2 rings (SSSR count). The van der Waals surface area contributed by atoms with Gasteiger partial charge in [-0.05, 0) is 36.8 Å². The van der Waals surface area contributed by atoms with Crippen LogP contribution in [0.1, 0.15) is 24.1 Å². The van der Waals surface area contributed by atoms with Crippen molar-refractivity contribution in [1.29, 1.82) is 5.26 Å². The first-order valence-electron chi connectivity index (χ1n) is 6.72. The van der Waals surface area contributed by atoms with Gasteiger partial charge in [0.2, 0.25) is 0 Å². The predicted octanol–water partition coefficient (Wildman–Crippen LogP) is 2.55. The van der Waals surface area contributed by atoms with E-state index in [-0.39, 0.29) is 6.04 Å². The molecular formula is C16H17N3O2S. The summed E-state index contributed by atoms with van der Waals surface area (Å²) in [5.41, 5.74) is 1.50. The first-order chi connectivity index (χ1) is 10.3. The molecule has 1 heterocycles. The molecule has 0 unspecified atom stereocenters. The normalized spacial score (nSPS) is 12.5. The maximum absolute atomic E-state index is 11.5. The molecule has 0 bridgehead atoms. The number of nitriles is 1. The van der Waals surface area contributed by atoms with Gasteiger partial charge < -0.3 is 4.90 Å². The fourth-order valence-corrected chi connectivity index (χ4v) is 2.71. The Kier molecular flexibility index (Phi) is 4.48. The van der Waals surface area contributed by atoms with E-state index in [1.807, 2.05) is 24.9 Å². The van der Waals surface area contributed by atoms with Crippen LogP contribution < -0.4 is 4.90 Å². The Morgan fingerprint density at radius 2 is 1.82 bits per heavy atom. The van der Waals surface area contributed by atoms with Crippen molar-refractivity contribution in [3.63, 3.8) is 0 Å². The van der Waals surface area contributed by atoms with Gasteiger partial charge >= 0.3 is 0 Å². The third-order valence-corrected chi connectivity index (χ3v) is 4.74. The van der Waals surface area contributed by atoms with Crippen molar-refractivity contribution in [3.05, 3.63) is 53.7 Å². The Bertz CT molecular complexity index is 791. The second kappa shape index (κ2) is 6.16. The Balaban J connectivity index is 2.23. The third-order valence-electron chi connectivity index (χ3n) is 3.61. The lowest BCUT2D eigenvalue weighted by atomic mass is 10.1. The fraction of sp³-hybridized carbons (Fsp3) is 0.250. The number of hydrogen-bond donors (Lipinski definition) is 0. The van der Waals surface area contributed by atoms with E-state index >= 15 is 0 Å². The number of aromatic nitrogens is 1. The molecular weight excluding hydrogens is 298 g/mol. The monoisotopic (exact) mass is 315 g/mol. The second-order valence-corrected chi connectivity index (χ2v) is 7.16. The molecule has 0 aliphatic rings. The molecule has 1 aromatic carbocycles. The van der Waals surface area contributed by atoms with E-state index in [1.54, 1.807) is 36.4 Å². The van der Waals surface area contributed by atoms with E-state index in [4.69, 9.17) is 5.26 Å². The molecule has 0 saturated carbocycles. The summed E-state index contributed by atoms with van der Waals surface area (Å²) >= 11 is 0. The highest BCUT2D eigenvalue weighted by molar-refractivity contribution is 7.90. The molecule has 22 heavy (non-hydrogen) atoms. The molecule has 6 heteroatoms. The largest absolute Gasteiger partial charge is 0.353 e. The zero-order valence-corrected chi connectivity index (χ0v) is 13.5. The van der Waals surface area contributed by atoms with E-state index in [2.05, 4.69) is 4.98 Å². The highest BCUT2D eigenvalue weighted by Crippen LogP contribution is 2.24. The van der Waals surface area contributed by atoms with Gasteiger partial charge in [-0.25, -0.2) is 13.4 Å². The Hall–Kier alpha value is -2.39. The number of sulfone groups is 1. The quantitative estimate of drug-likeness (QED) is 0.867. The summed E-state index contributed by atoms with van der Waals surface area (Å²) in [7, 11) is -1.28. The summed E-state index contributed by atoms with van der Waals surface area (Å²) in [6, 6.07) is 12.4. The lowest BCUT2D eigenvalue weighted by molar-refractivity contribution is 0.601. The lowest BCUT2D eigenvalue weighted by Gasteiger charge is -2.26. The maximum Gasteiger partial charge on any atom is 0.175 e.